The van der Waals surface area contributed by atoms with Gasteiger partial charge in [-0.15, -0.1) is 0 Å². The smallest absolute Gasteiger partial charge is 0.407 e. The number of carbonyl (C=O) groups excluding carboxylic acids is 1. The number of hydrogen-bond donors (Lipinski definition) is 1. The van der Waals surface area contributed by atoms with Crippen LogP contribution in [-0.2, 0) is 4.74 Å². The molecule has 0 aromatic rings. The van der Waals surface area contributed by atoms with Gasteiger partial charge in [0.05, 0.1) is 0 Å². The Morgan fingerprint density at radius 1 is 1.40 bits per heavy atom. The van der Waals surface area contributed by atoms with Crippen molar-refractivity contribution in [2.45, 2.75) is 52.7 Å². The minimum atomic E-state index is -0.418. The highest BCUT2D eigenvalue weighted by Gasteiger charge is 2.18. The average Bonchev–Trinajstić information content (AvgIpc) is 1.99. The molecule has 15 heavy (non-hydrogen) atoms. The SMILES string of the molecule is CC(CI)C[C@H](C)NC(=O)OC(C)(C)C. The van der Waals surface area contributed by atoms with Crippen molar-refractivity contribution in [3.8, 4) is 0 Å². The molecule has 0 radical (unpaired) electrons. The molecule has 3 nitrogen and oxygen atoms in total. The summed E-state index contributed by atoms with van der Waals surface area (Å²) in [5.74, 6) is 0.621. The van der Waals surface area contributed by atoms with Gasteiger partial charge in [0.15, 0.2) is 0 Å². The molecule has 0 spiro atoms. The first-order valence-electron chi connectivity index (χ1n) is 5.30. The number of hydrogen-bond acceptors (Lipinski definition) is 2. The summed E-state index contributed by atoms with van der Waals surface area (Å²) in [5.41, 5.74) is -0.418. The van der Waals surface area contributed by atoms with E-state index in [0.717, 1.165) is 10.8 Å². The van der Waals surface area contributed by atoms with E-state index in [2.05, 4.69) is 34.8 Å². The van der Waals surface area contributed by atoms with Gasteiger partial charge in [-0.2, -0.15) is 0 Å². The van der Waals surface area contributed by atoms with Gasteiger partial charge < -0.3 is 10.1 Å². The molecule has 0 aromatic heterocycles. The highest BCUT2D eigenvalue weighted by Crippen LogP contribution is 2.10. The van der Waals surface area contributed by atoms with Crippen LogP contribution in [0.2, 0.25) is 0 Å². The lowest BCUT2D eigenvalue weighted by Gasteiger charge is -2.22. The summed E-state index contributed by atoms with van der Waals surface area (Å²) in [6, 6.07) is 0.171. The summed E-state index contributed by atoms with van der Waals surface area (Å²) >= 11 is 2.36. The van der Waals surface area contributed by atoms with Crippen molar-refractivity contribution in [2.24, 2.45) is 5.92 Å². The molecule has 0 aliphatic heterocycles. The van der Waals surface area contributed by atoms with E-state index >= 15 is 0 Å². The molecule has 0 saturated carbocycles. The number of rotatable bonds is 4. The lowest BCUT2D eigenvalue weighted by Crippen LogP contribution is -2.38. The van der Waals surface area contributed by atoms with Gasteiger partial charge in [0, 0.05) is 10.5 Å². The van der Waals surface area contributed by atoms with Crippen molar-refractivity contribution in [1.82, 2.24) is 5.32 Å². The van der Waals surface area contributed by atoms with Gasteiger partial charge in [0.1, 0.15) is 5.60 Å². The first-order valence-corrected chi connectivity index (χ1v) is 6.82. The average molecular weight is 327 g/mol. The van der Waals surface area contributed by atoms with Crippen LogP contribution in [0.3, 0.4) is 0 Å². The standard InChI is InChI=1S/C11H22INO2/c1-8(7-12)6-9(2)13-10(14)15-11(3,4)5/h8-9H,6-7H2,1-5H3,(H,13,14)/t8?,9-/m0/s1. The largest absolute Gasteiger partial charge is 0.444 e. The monoisotopic (exact) mass is 327 g/mol. The van der Waals surface area contributed by atoms with Crippen molar-refractivity contribution < 1.29 is 9.53 Å². The van der Waals surface area contributed by atoms with E-state index in [-0.39, 0.29) is 12.1 Å². The van der Waals surface area contributed by atoms with E-state index in [1.165, 1.54) is 0 Å². The lowest BCUT2D eigenvalue weighted by molar-refractivity contribution is 0.0504. The molecule has 1 N–H and O–H groups in total. The Morgan fingerprint density at radius 2 is 1.93 bits per heavy atom. The fraction of sp³-hybridized carbons (Fsp3) is 0.909. The van der Waals surface area contributed by atoms with Crippen LogP contribution in [-0.4, -0.2) is 22.2 Å². The second-order valence-corrected chi connectivity index (χ2v) is 5.92. The van der Waals surface area contributed by atoms with Crippen LogP contribution < -0.4 is 5.32 Å². The van der Waals surface area contributed by atoms with Gasteiger partial charge in [0.2, 0.25) is 0 Å². The highest BCUT2D eigenvalue weighted by atomic mass is 127. The molecule has 0 heterocycles. The topological polar surface area (TPSA) is 38.3 Å². The van der Waals surface area contributed by atoms with Crippen molar-refractivity contribution in [3.63, 3.8) is 0 Å². The fourth-order valence-corrected chi connectivity index (χ4v) is 1.59. The fourth-order valence-electron chi connectivity index (χ4n) is 1.23. The van der Waals surface area contributed by atoms with Crippen molar-refractivity contribution in [1.29, 1.82) is 0 Å². The summed E-state index contributed by atoms with van der Waals surface area (Å²) in [5, 5.41) is 2.84. The molecule has 2 atom stereocenters. The second kappa shape index (κ2) is 6.55. The van der Waals surface area contributed by atoms with Crippen LogP contribution in [0.15, 0.2) is 0 Å². The van der Waals surface area contributed by atoms with Gasteiger partial charge in [-0.3, -0.25) is 0 Å². The van der Waals surface area contributed by atoms with E-state index in [4.69, 9.17) is 4.74 Å². The number of carbonyl (C=O) groups is 1. The van der Waals surface area contributed by atoms with E-state index in [0.29, 0.717) is 5.92 Å². The van der Waals surface area contributed by atoms with E-state index in [9.17, 15) is 4.79 Å². The maximum atomic E-state index is 11.4. The molecular formula is C11H22INO2. The Bertz CT molecular complexity index is 201. The molecule has 0 rings (SSSR count). The molecule has 0 saturated heterocycles. The molecule has 0 aliphatic rings. The Balaban J connectivity index is 3.87. The number of nitrogens with one attached hydrogen (secondary N) is 1. The number of alkyl halides is 1. The molecule has 1 unspecified atom stereocenters. The maximum absolute atomic E-state index is 11.4. The van der Waals surface area contributed by atoms with Gasteiger partial charge >= 0.3 is 6.09 Å². The molecule has 0 bridgehead atoms. The van der Waals surface area contributed by atoms with E-state index in [1.54, 1.807) is 0 Å². The predicted molar refractivity (Wildman–Crippen MR) is 71.5 cm³/mol. The van der Waals surface area contributed by atoms with Gasteiger partial charge in [-0.05, 0) is 40.0 Å². The van der Waals surface area contributed by atoms with Crippen LogP contribution in [0.4, 0.5) is 4.79 Å². The third-order valence-electron chi connectivity index (χ3n) is 1.78. The number of alkyl carbamates (subject to hydrolysis) is 1. The van der Waals surface area contributed by atoms with E-state index in [1.807, 2.05) is 27.7 Å². The maximum Gasteiger partial charge on any atom is 0.407 e. The zero-order chi connectivity index (χ0) is 12.1. The molecular weight excluding hydrogens is 305 g/mol. The van der Waals surface area contributed by atoms with Crippen molar-refractivity contribution in [3.05, 3.63) is 0 Å². The molecule has 90 valence electrons. The van der Waals surface area contributed by atoms with Crippen LogP contribution in [0, 0.1) is 5.92 Å². The molecule has 0 fully saturated rings. The van der Waals surface area contributed by atoms with E-state index < -0.39 is 5.60 Å². The molecule has 4 heteroatoms. The quantitative estimate of drug-likeness (QED) is 0.635. The summed E-state index contributed by atoms with van der Waals surface area (Å²) in [6.07, 6.45) is 0.665. The van der Waals surface area contributed by atoms with Crippen LogP contribution in [0.25, 0.3) is 0 Å². The van der Waals surface area contributed by atoms with Crippen molar-refractivity contribution >= 4 is 28.7 Å². The van der Waals surface area contributed by atoms with Crippen LogP contribution >= 0.6 is 22.6 Å². The van der Waals surface area contributed by atoms with Gasteiger partial charge in [-0.25, -0.2) is 4.79 Å². The number of amides is 1. The normalized spacial score (nSPS) is 15.6. The first kappa shape index (κ1) is 15.0. The van der Waals surface area contributed by atoms with Gasteiger partial charge in [0.25, 0.3) is 0 Å². The summed E-state index contributed by atoms with van der Waals surface area (Å²) in [4.78, 5) is 11.4. The zero-order valence-corrected chi connectivity index (χ0v) is 12.4. The Morgan fingerprint density at radius 3 is 2.33 bits per heavy atom. The zero-order valence-electron chi connectivity index (χ0n) is 10.3. The van der Waals surface area contributed by atoms with Gasteiger partial charge in [-0.1, -0.05) is 29.5 Å². The summed E-state index contributed by atoms with van der Waals surface area (Å²) in [7, 11) is 0. The van der Waals surface area contributed by atoms with Crippen molar-refractivity contribution in [2.75, 3.05) is 4.43 Å². The Hall–Kier alpha value is 0. The summed E-state index contributed by atoms with van der Waals surface area (Å²) in [6.45, 7) is 9.78. The number of ether oxygens (including phenoxy) is 1. The minimum absolute atomic E-state index is 0.171. The third kappa shape index (κ3) is 8.96. The lowest BCUT2D eigenvalue weighted by atomic mass is 10.1. The predicted octanol–water partition coefficient (Wildman–Crippen LogP) is 3.36. The Labute approximate surface area is 106 Å². The third-order valence-corrected chi connectivity index (χ3v) is 3.29. The van der Waals surface area contributed by atoms with Crippen LogP contribution in [0.1, 0.15) is 41.0 Å². The highest BCUT2D eigenvalue weighted by molar-refractivity contribution is 14.1. The number of halogens is 1. The molecule has 0 aliphatic carbocycles. The first-order chi connectivity index (χ1) is 6.74. The molecule has 1 amide bonds. The minimum Gasteiger partial charge on any atom is -0.444 e. The molecule has 0 aromatic carbocycles. The summed E-state index contributed by atoms with van der Waals surface area (Å²) < 4.78 is 6.28. The second-order valence-electron chi connectivity index (χ2n) is 5.04. The Kier molecular flexibility index (Phi) is 6.55. The van der Waals surface area contributed by atoms with Crippen LogP contribution in [0.5, 0.6) is 0 Å².